The molecule has 6 nitrogen and oxygen atoms in total. The second-order valence-corrected chi connectivity index (χ2v) is 14.6. The number of aryl methyl sites for hydroxylation is 1. The van der Waals surface area contributed by atoms with Gasteiger partial charge in [0.1, 0.15) is 12.4 Å². The van der Waals surface area contributed by atoms with Gasteiger partial charge in [-0.2, -0.15) is 4.31 Å². The maximum Gasteiger partial charge on any atom is 0.244 e. The Morgan fingerprint density at radius 1 is 0.953 bits per heavy atom. The van der Waals surface area contributed by atoms with Crippen LogP contribution < -0.4 is 0 Å². The third kappa shape index (κ3) is 7.90. The standard InChI is InChI=1S/C35H40ClNO5S/c1-24-11-9-10-14-32(24)43(40,41)37-33(35(3,4)5)21-29(34(37)27-15-17-30(36)18-16-27)22-42-23-31(39)20-28(25(2)38)19-26-12-7-6-8-13-26/h6-18,21,28,33-34H,19-20,22-23H2,1-5H3/t28-,33-,34?/m0/s1. The molecule has 1 unspecified atom stereocenters. The number of ether oxygens (including phenoxy) is 1. The number of ketones is 2. The lowest BCUT2D eigenvalue weighted by Gasteiger charge is -2.37. The number of carbonyl (C=O) groups excluding carboxylic acids is 2. The molecule has 3 aromatic rings. The zero-order valence-corrected chi connectivity index (χ0v) is 27.0. The largest absolute Gasteiger partial charge is 0.369 e. The van der Waals surface area contributed by atoms with Gasteiger partial charge in [0.25, 0.3) is 0 Å². The molecule has 1 heterocycles. The van der Waals surface area contributed by atoms with Crippen LogP contribution in [0.1, 0.15) is 56.8 Å². The highest BCUT2D eigenvalue weighted by molar-refractivity contribution is 7.89. The van der Waals surface area contributed by atoms with Crippen LogP contribution in [0.15, 0.2) is 95.4 Å². The Kier molecular flexibility index (Phi) is 10.4. The minimum atomic E-state index is -3.95. The van der Waals surface area contributed by atoms with E-state index >= 15 is 0 Å². The summed E-state index contributed by atoms with van der Waals surface area (Å²) in [5.74, 6) is -0.635. The van der Waals surface area contributed by atoms with Gasteiger partial charge in [-0.1, -0.05) is 99.1 Å². The maximum absolute atomic E-state index is 14.4. The first-order valence-corrected chi connectivity index (χ1v) is 16.3. The fraction of sp³-hybridized carbons (Fsp3) is 0.371. The van der Waals surface area contributed by atoms with Crippen LogP contribution in [0.25, 0.3) is 0 Å². The molecule has 0 aliphatic carbocycles. The number of benzene rings is 3. The molecule has 0 saturated carbocycles. The molecule has 0 saturated heterocycles. The molecule has 4 rings (SSSR count). The van der Waals surface area contributed by atoms with Crippen molar-refractivity contribution >= 4 is 33.2 Å². The lowest BCUT2D eigenvalue weighted by molar-refractivity contribution is -0.129. The quantitative estimate of drug-likeness (QED) is 0.201. The Balaban J connectivity index is 1.59. The number of Topliss-reactive ketones (excluding diaryl/α,β-unsaturated/α-hetero) is 2. The summed E-state index contributed by atoms with van der Waals surface area (Å²) >= 11 is 6.20. The Morgan fingerprint density at radius 2 is 1.58 bits per heavy atom. The number of rotatable bonds is 12. The number of hydrogen-bond donors (Lipinski definition) is 0. The first-order valence-electron chi connectivity index (χ1n) is 14.5. The summed E-state index contributed by atoms with van der Waals surface area (Å²) in [4.78, 5) is 25.5. The average Bonchev–Trinajstić information content (AvgIpc) is 3.35. The minimum absolute atomic E-state index is 0.0384. The van der Waals surface area contributed by atoms with E-state index in [4.69, 9.17) is 16.3 Å². The zero-order valence-electron chi connectivity index (χ0n) is 25.4. The number of nitrogens with zero attached hydrogens (tertiary/aromatic N) is 1. The predicted molar refractivity (Wildman–Crippen MR) is 170 cm³/mol. The van der Waals surface area contributed by atoms with E-state index in [1.165, 1.54) is 6.92 Å². The van der Waals surface area contributed by atoms with Crippen molar-refractivity contribution in [3.8, 4) is 0 Å². The molecule has 0 aromatic heterocycles. The van der Waals surface area contributed by atoms with E-state index in [1.54, 1.807) is 41.6 Å². The van der Waals surface area contributed by atoms with Crippen molar-refractivity contribution < 1.29 is 22.7 Å². The van der Waals surface area contributed by atoms with Gasteiger partial charge < -0.3 is 4.74 Å². The van der Waals surface area contributed by atoms with E-state index in [0.717, 1.165) is 16.7 Å². The molecular weight excluding hydrogens is 582 g/mol. The van der Waals surface area contributed by atoms with Gasteiger partial charge >= 0.3 is 0 Å². The smallest absolute Gasteiger partial charge is 0.244 e. The second-order valence-electron chi connectivity index (χ2n) is 12.3. The van der Waals surface area contributed by atoms with Crippen LogP contribution in [-0.2, 0) is 30.8 Å². The topological polar surface area (TPSA) is 80.8 Å². The van der Waals surface area contributed by atoms with E-state index in [0.29, 0.717) is 17.0 Å². The molecule has 0 bridgehead atoms. The first-order chi connectivity index (χ1) is 20.3. The van der Waals surface area contributed by atoms with Crippen molar-refractivity contribution in [3.05, 3.63) is 112 Å². The van der Waals surface area contributed by atoms with E-state index in [2.05, 4.69) is 0 Å². The van der Waals surface area contributed by atoms with E-state index in [9.17, 15) is 18.0 Å². The van der Waals surface area contributed by atoms with Crippen LogP contribution >= 0.6 is 11.6 Å². The Hall–Kier alpha value is -3.10. The van der Waals surface area contributed by atoms with Gasteiger partial charge in [0.05, 0.1) is 17.5 Å². The fourth-order valence-corrected chi connectivity index (χ4v) is 7.87. The Labute approximate surface area is 260 Å². The Bertz CT molecular complexity index is 1580. The van der Waals surface area contributed by atoms with Crippen molar-refractivity contribution in [1.82, 2.24) is 4.31 Å². The highest BCUT2D eigenvalue weighted by atomic mass is 35.5. The summed E-state index contributed by atoms with van der Waals surface area (Å²) in [6, 6.07) is 22.7. The number of hydrogen-bond acceptors (Lipinski definition) is 5. The van der Waals surface area contributed by atoms with Crippen molar-refractivity contribution in [1.29, 1.82) is 0 Å². The van der Waals surface area contributed by atoms with Crippen molar-refractivity contribution in [2.75, 3.05) is 13.2 Å². The summed E-state index contributed by atoms with van der Waals surface area (Å²) in [6.07, 6.45) is 2.54. The molecule has 0 spiro atoms. The van der Waals surface area contributed by atoms with Gasteiger partial charge in [-0.15, -0.1) is 0 Å². The zero-order chi connectivity index (χ0) is 31.4. The van der Waals surface area contributed by atoms with Crippen LogP contribution in [0.5, 0.6) is 0 Å². The summed E-state index contributed by atoms with van der Waals surface area (Å²) in [5.41, 5.74) is 2.73. The van der Waals surface area contributed by atoms with Crippen LogP contribution in [0.3, 0.4) is 0 Å². The van der Waals surface area contributed by atoms with Gasteiger partial charge in [0.2, 0.25) is 10.0 Å². The molecule has 3 aromatic carbocycles. The van der Waals surface area contributed by atoms with Gasteiger partial charge in [-0.05, 0) is 66.1 Å². The minimum Gasteiger partial charge on any atom is -0.369 e. The molecular formula is C35H40ClNO5S. The van der Waals surface area contributed by atoms with E-state index in [1.807, 2.05) is 75.4 Å². The van der Waals surface area contributed by atoms with Crippen LogP contribution in [0, 0.1) is 18.3 Å². The molecule has 0 N–H and O–H groups in total. The number of sulfonamides is 1. The van der Waals surface area contributed by atoms with Gasteiger partial charge in [-0.3, -0.25) is 9.59 Å². The SMILES string of the molecule is CC(=O)[C@H](CC(=O)COCC1=C[C@@H](C(C)(C)C)N(S(=O)(=O)c2ccccc2C)C1c1ccc(Cl)cc1)Cc1ccccc1. The van der Waals surface area contributed by atoms with E-state index < -0.39 is 33.4 Å². The van der Waals surface area contributed by atoms with Gasteiger partial charge in [0, 0.05) is 23.4 Å². The fourth-order valence-electron chi connectivity index (χ4n) is 5.58. The number of carbonyl (C=O) groups is 2. The van der Waals surface area contributed by atoms with Crippen LogP contribution in [0.2, 0.25) is 5.02 Å². The lowest BCUT2D eigenvalue weighted by atomic mass is 9.87. The van der Waals surface area contributed by atoms with Crippen LogP contribution in [-0.4, -0.2) is 43.5 Å². The summed E-state index contributed by atoms with van der Waals surface area (Å²) in [6.45, 7) is 9.22. The molecule has 3 atom stereocenters. The maximum atomic E-state index is 14.4. The first kappa shape index (κ1) is 32.8. The third-order valence-electron chi connectivity index (χ3n) is 7.88. The highest BCUT2D eigenvalue weighted by Gasteiger charge is 2.48. The van der Waals surface area contributed by atoms with Crippen molar-refractivity contribution in [2.45, 2.75) is 64.4 Å². The highest BCUT2D eigenvalue weighted by Crippen LogP contribution is 2.46. The molecule has 43 heavy (non-hydrogen) atoms. The van der Waals surface area contributed by atoms with Gasteiger partial charge in [0.15, 0.2) is 5.78 Å². The van der Waals surface area contributed by atoms with Crippen molar-refractivity contribution in [2.24, 2.45) is 11.3 Å². The monoisotopic (exact) mass is 621 g/mol. The summed E-state index contributed by atoms with van der Waals surface area (Å²) < 4.78 is 36.3. The molecule has 0 amide bonds. The van der Waals surface area contributed by atoms with E-state index in [-0.39, 0.29) is 36.1 Å². The normalized spacial score (nSPS) is 18.3. The molecule has 0 radical (unpaired) electrons. The molecule has 1 aliphatic rings. The van der Waals surface area contributed by atoms with Crippen LogP contribution in [0.4, 0.5) is 0 Å². The summed E-state index contributed by atoms with van der Waals surface area (Å²) in [5, 5.41) is 0.547. The molecule has 1 aliphatic heterocycles. The average molecular weight is 622 g/mol. The summed E-state index contributed by atoms with van der Waals surface area (Å²) in [7, 11) is -3.95. The number of halogens is 1. The predicted octanol–water partition coefficient (Wildman–Crippen LogP) is 7.16. The molecule has 0 fully saturated rings. The van der Waals surface area contributed by atoms with Crippen molar-refractivity contribution in [3.63, 3.8) is 0 Å². The second kappa shape index (κ2) is 13.7. The molecule has 8 heteroatoms. The lowest BCUT2D eigenvalue weighted by Crippen LogP contribution is -2.45. The third-order valence-corrected chi connectivity index (χ3v) is 10.1. The molecule has 228 valence electrons. The van der Waals surface area contributed by atoms with Gasteiger partial charge in [-0.25, -0.2) is 8.42 Å². The Morgan fingerprint density at radius 3 is 2.19 bits per heavy atom.